The van der Waals surface area contributed by atoms with Gasteiger partial charge in [0.2, 0.25) is 5.91 Å². The molecule has 0 bridgehead atoms. The minimum absolute atomic E-state index is 0.0847. The molecule has 3 amide bonds. The van der Waals surface area contributed by atoms with E-state index in [1.54, 1.807) is 0 Å². The van der Waals surface area contributed by atoms with Crippen molar-refractivity contribution in [3.8, 4) is 11.5 Å². The highest BCUT2D eigenvalue weighted by atomic mass is 35.5. The molecule has 0 aliphatic heterocycles. The molecule has 8 nitrogen and oxygen atoms in total. The number of carbonyl (C=O) groups excluding carboxylic acids is 3. The fourth-order valence-electron chi connectivity index (χ4n) is 2.09. The van der Waals surface area contributed by atoms with Crippen LogP contribution in [-0.2, 0) is 9.59 Å². The number of likely N-dealkylation sites (N-methyl/N-ethyl adjacent to an activating group) is 1. The van der Waals surface area contributed by atoms with E-state index in [1.165, 1.54) is 31.2 Å². The van der Waals surface area contributed by atoms with Crippen LogP contribution in [0.15, 0.2) is 12.1 Å². The zero-order valence-corrected chi connectivity index (χ0v) is 16.3. The normalized spacial score (nSPS) is 10.8. The number of rotatable bonds is 7. The van der Waals surface area contributed by atoms with Crippen molar-refractivity contribution in [3.05, 3.63) is 22.7 Å². The number of methoxy groups -OCH3 is 1. The summed E-state index contributed by atoms with van der Waals surface area (Å²) in [5, 5.41) is 2.86. The molecule has 0 atom stereocenters. The van der Waals surface area contributed by atoms with Crippen LogP contribution in [0.1, 0.15) is 31.1 Å². The van der Waals surface area contributed by atoms with E-state index >= 15 is 0 Å². The first-order chi connectivity index (χ1) is 11.9. The monoisotopic (exact) mass is 385 g/mol. The van der Waals surface area contributed by atoms with Crippen LogP contribution in [0.3, 0.4) is 0 Å². The lowest BCUT2D eigenvalue weighted by molar-refractivity contribution is -0.123. The second kappa shape index (κ2) is 8.75. The number of benzene rings is 1. The Hall–Kier alpha value is -2.48. The van der Waals surface area contributed by atoms with E-state index in [-0.39, 0.29) is 41.1 Å². The summed E-state index contributed by atoms with van der Waals surface area (Å²) in [6.07, 6.45) is 0. The van der Waals surface area contributed by atoms with Gasteiger partial charge in [-0.3, -0.25) is 14.4 Å². The summed E-state index contributed by atoms with van der Waals surface area (Å²) >= 11 is 6.13. The average Bonchev–Trinajstić information content (AvgIpc) is 2.49. The second-order valence-electron chi connectivity index (χ2n) is 6.70. The molecule has 0 saturated carbocycles. The summed E-state index contributed by atoms with van der Waals surface area (Å²) < 4.78 is 10.4. The van der Waals surface area contributed by atoms with Crippen molar-refractivity contribution in [3.63, 3.8) is 0 Å². The topological polar surface area (TPSA) is 111 Å². The molecule has 1 rings (SSSR count). The molecule has 1 aromatic carbocycles. The molecule has 26 heavy (non-hydrogen) atoms. The lowest BCUT2D eigenvalue weighted by Gasteiger charge is -2.23. The Bertz CT molecular complexity index is 700. The van der Waals surface area contributed by atoms with Crippen LogP contribution in [0.25, 0.3) is 0 Å². The zero-order chi connectivity index (χ0) is 20.1. The number of halogens is 1. The Morgan fingerprint density at radius 2 is 1.88 bits per heavy atom. The standard InChI is InChI=1S/C17H24ClN3O5/c1-17(2,3)20-14(23)8-21(4)16(24)10-6-11(18)15(12(7-10)25-5)26-9-13(19)22/h6-7H,8-9H2,1-5H3,(H2,19,22)(H,20,23). The number of hydrogen-bond acceptors (Lipinski definition) is 5. The van der Waals surface area contributed by atoms with Gasteiger partial charge in [-0.25, -0.2) is 0 Å². The zero-order valence-electron chi connectivity index (χ0n) is 15.5. The van der Waals surface area contributed by atoms with E-state index in [1.807, 2.05) is 20.8 Å². The van der Waals surface area contributed by atoms with Crippen LogP contribution in [0.5, 0.6) is 11.5 Å². The minimum Gasteiger partial charge on any atom is -0.493 e. The summed E-state index contributed by atoms with van der Waals surface area (Å²) in [4.78, 5) is 36.7. The molecule has 0 aliphatic rings. The van der Waals surface area contributed by atoms with Crippen LogP contribution >= 0.6 is 11.6 Å². The lowest BCUT2D eigenvalue weighted by atomic mass is 10.1. The van der Waals surface area contributed by atoms with E-state index < -0.39 is 17.4 Å². The maximum Gasteiger partial charge on any atom is 0.255 e. The molecule has 0 radical (unpaired) electrons. The van der Waals surface area contributed by atoms with Gasteiger partial charge in [-0.2, -0.15) is 0 Å². The Morgan fingerprint density at radius 1 is 1.27 bits per heavy atom. The predicted octanol–water partition coefficient (Wildman–Crippen LogP) is 1.20. The molecule has 0 spiro atoms. The van der Waals surface area contributed by atoms with Gasteiger partial charge < -0.3 is 25.4 Å². The molecular formula is C17H24ClN3O5. The van der Waals surface area contributed by atoms with Crippen molar-refractivity contribution in [1.82, 2.24) is 10.2 Å². The van der Waals surface area contributed by atoms with Crippen molar-refractivity contribution < 1.29 is 23.9 Å². The second-order valence-corrected chi connectivity index (χ2v) is 7.11. The number of nitrogens with one attached hydrogen (secondary N) is 1. The van der Waals surface area contributed by atoms with Gasteiger partial charge in [0.25, 0.3) is 11.8 Å². The number of carbonyl (C=O) groups is 3. The molecule has 0 fully saturated rings. The number of ether oxygens (including phenoxy) is 2. The third kappa shape index (κ3) is 6.44. The number of hydrogen-bond donors (Lipinski definition) is 2. The SMILES string of the molecule is COc1cc(C(=O)N(C)CC(=O)NC(C)(C)C)cc(Cl)c1OCC(N)=O. The molecule has 144 valence electrons. The van der Waals surface area contributed by atoms with Crippen LogP contribution in [-0.4, -0.2) is 55.5 Å². The fraction of sp³-hybridized carbons (Fsp3) is 0.471. The van der Waals surface area contributed by atoms with Gasteiger partial charge in [-0.05, 0) is 32.9 Å². The van der Waals surface area contributed by atoms with Crippen molar-refractivity contribution in [1.29, 1.82) is 0 Å². The molecule has 0 saturated heterocycles. The van der Waals surface area contributed by atoms with E-state index in [4.69, 9.17) is 26.8 Å². The summed E-state index contributed by atoms with van der Waals surface area (Å²) in [6.45, 7) is 5.05. The van der Waals surface area contributed by atoms with Gasteiger partial charge in [-0.1, -0.05) is 11.6 Å². The fourth-order valence-corrected chi connectivity index (χ4v) is 2.36. The van der Waals surface area contributed by atoms with Crippen molar-refractivity contribution in [2.45, 2.75) is 26.3 Å². The molecule has 0 unspecified atom stereocenters. The van der Waals surface area contributed by atoms with Gasteiger partial charge in [0.15, 0.2) is 18.1 Å². The van der Waals surface area contributed by atoms with Gasteiger partial charge in [0.05, 0.1) is 18.7 Å². The van der Waals surface area contributed by atoms with Gasteiger partial charge in [0.1, 0.15) is 0 Å². The smallest absolute Gasteiger partial charge is 0.255 e. The first-order valence-electron chi connectivity index (χ1n) is 7.79. The van der Waals surface area contributed by atoms with E-state index in [0.29, 0.717) is 0 Å². The predicted molar refractivity (Wildman–Crippen MR) is 97.5 cm³/mol. The van der Waals surface area contributed by atoms with Crippen LogP contribution in [0, 0.1) is 0 Å². The number of nitrogens with zero attached hydrogens (tertiary/aromatic N) is 1. The first kappa shape index (κ1) is 21.6. The maximum absolute atomic E-state index is 12.6. The van der Waals surface area contributed by atoms with Crippen molar-refractivity contribution in [2.75, 3.05) is 27.3 Å². The Labute approximate surface area is 157 Å². The summed E-state index contributed by atoms with van der Waals surface area (Å²) in [6, 6.07) is 2.80. The molecule has 0 heterocycles. The Morgan fingerprint density at radius 3 is 2.38 bits per heavy atom. The summed E-state index contributed by atoms with van der Waals surface area (Å²) in [5.41, 5.74) is 4.86. The highest BCUT2D eigenvalue weighted by molar-refractivity contribution is 6.32. The largest absolute Gasteiger partial charge is 0.493 e. The van der Waals surface area contributed by atoms with Gasteiger partial charge >= 0.3 is 0 Å². The Balaban J connectivity index is 2.96. The van der Waals surface area contributed by atoms with Crippen molar-refractivity contribution >= 4 is 29.3 Å². The van der Waals surface area contributed by atoms with Crippen molar-refractivity contribution in [2.24, 2.45) is 5.73 Å². The van der Waals surface area contributed by atoms with E-state index in [9.17, 15) is 14.4 Å². The molecule has 0 aliphatic carbocycles. The highest BCUT2D eigenvalue weighted by Crippen LogP contribution is 2.36. The molecule has 3 N–H and O–H groups in total. The van der Waals surface area contributed by atoms with E-state index in [2.05, 4.69) is 5.32 Å². The third-order valence-electron chi connectivity index (χ3n) is 3.08. The molecule has 9 heteroatoms. The third-order valence-corrected chi connectivity index (χ3v) is 3.36. The average molecular weight is 386 g/mol. The molecule has 0 aromatic heterocycles. The first-order valence-corrected chi connectivity index (χ1v) is 8.17. The summed E-state index contributed by atoms with van der Waals surface area (Å²) in [7, 11) is 2.87. The van der Waals surface area contributed by atoms with Crippen LogP contribution in [0.4, 0.5) is 0 Å². The highest BCUT2D eigenvalue weighted by Gasteiger charge is 2.21. The maximum atomic E-state index is 12.6. The van der Waals surface area contributed by atoms with Crippen LogP contribution < -0.4 is 20.5 Å². The number of amides is 3. The molecular weight excluding hydrogens is 362 g/mol. The van der Waals surface area contributed by atoms with Gasteiger partial charge in [-0.15, -0.1) is 0 Å². The minimum atomic E-state index is -0.673. The van der Waals surface area contributed by atoms with Gasteiger partial charge in [0, 0.05) is 18.2 Å². The number of primary amides is 1. The Kier molecular flexibility index (Phi) is 7.26. The van der Waals surface area contributed by atoms with Crippen LogP contribution in [0.2, 0.25) is 5.02 Å². The quantitative estimate of drug-likeness (QED) is 0.732. The van der Waals surface area contributed by atoms with E-state index in [0.717, 1.165) is 0 Å². The number of nitrogens with two attached hydrogens (primary N) is 1. The lowest BCUT2D eigenvalue weighted by Crippen LogP contribution is -2.46. The summed E-state index contributed by atoms with van der Waals surface area (Å²) in [5.74, 6) is -1.09. The molecule has 1 aromatic rings.